The van der Waals surface area contributed by atoms with Crippen molar-refractivity contribution in [3.8, 4) is 0 Å². The first-order valence-corrected chi connectivity index (χ1v) is 10.4. The zero-order valence-corrected chi connectivity index (χ0v) is 17.2. The van der Waals surface area contributed by atoms with Gasteiger partial charge in [-0.05, 0) is 36.6 Å². The Kier molecular flexibility index (Phi) is 4.96. The molecule has 31 heavy (non-hydrogen) atoms. The molecule has 2 atom stereocenters. The third kappa shape index (κ3) is 3.92. The van der Waals surface area contributed by atoms with E-state index in [9.17, 15) is 4.79 Å². The second kappa shape index (κ2) is 8.07. The highest BCUT2D eigenvalue weighted by atomic mass is 16.1. The lowest BCUT2D eigenvalue weighted by Gasteiger charge is -2.31. The Bertz CT molecular complexity index is 1190. The van der Waals surface area contributed by atoms with Gasteiger partial charge in [-0.1, -0.05) is 78.4 Å². The van der Waals surface area contributed by atoms with Gasteiger partial charge in [0.25, 0.3) is 11.9 Å². The quantitative estimate of drug-likeness (QED) is 0.498. The molecule has 0 saturated carbocycles. The highest BCUT2D eigenvalue weighted by molar-refractivity contribution is 6.03. The maximum atomic E-state index is 12.7. The van der Waals surface area contributed by atoms with E-state index in [1.807, 2.05) is 60.1 Å². The SMILES string of the molecule is Cc1ccc(C(=O)Nc2nc3n(n2)C(c2ccccc2)CC(c2ccccc2)N3)cc1. The standard InChI is InChI=1S/C25H23N5O/c1-17-12-14-20(15-13-17)23(31)27-24-28-25-26-21(18-8-4-2-5-9-18)16-22(30(25)29-24)19-10-6-3-7-11-19/h2-15,21-22H,16H2,1H3,(H2,26,27,28,29,31). The molecule has 2 unspecified atom stereocenters. The molecule has 0 radical (unpaired) electrons. The third-order valence-corrected chi connectivity index (χ3v) is 5.61. The molecule has 3 aromatic carbocycles. The summed E-state index contributed by atoms with van der Waals surface area (Å²) in [5, 5.41) is 11.0. The van der Waals surface area contributed by atoms with E-state index in [4.69, 9.17) is 0 Å². The molecule has 154 valence electrons. The van der Waals surface area contributed by atoms with E-state index in [1.165, 1.54) is 5.56 Å². The van der Waals surface area contributed by atoms with Crippen LogP contribution in [0.1, 0.15) is 45.6 Å². The van der Waals surface area contributed by atoms with Crippen LogP contribution >= 0.6 is 0 Å². The minimum absolute atomic E-state index is 0.0141. The van der Waals surface area contributed by atoms with Crippen molar-refractivity contribution in [1.82, 2.24) is 14.8 Å². The van der Waals surface area contributed by atoms with Crippen LogP contribution in [0.25, 0.3) is 0 Å². The number of fused-ring (bicyclic) bond motifs is 1. The summed E-state index contributed by atoms with van der Waals surface area (Å²) < 4.78 is 1.87. The maximum Gasteiger partial charge on any atom is 0.258 e. The summed E-state index contributed by atoms with van der Waals surface area (Å²) >= 11 is 0. The van der Waals surface area contributed by atoms with E-state index in [0.29, 0.717) is 17.5 Å². The number of amides is 1. The number of nitrogens with one attached hydrogen (secondary N) is 2. The van der Waals surface area contributed by atoms with Gasteiger partial charge < -0.3 is 5.32 Å². The van der Waals surface area contributed by atoms with Crippen LogP contribution in [0.4, 0.5) is 11.9 Å². The molecule has 2 N–H and O–H groups in total. The maximum absolute atomic E-state index is 12.7. The minimum Gasteiger partial charge on any atom is -0.347 e. The summed E-state index contributed by atoms with van der Waals surface area (Å²) in [6, 6.07) is 28.2. The lowest BCUT2D eigenvalue weighted by atomic mass is 9.93. The van der Waals surface area contributed by atoms with Crippen molar-refractivity contribution >= 4 is 17.8 Å². The summed E-state index contributed by atoms with van der Waals surface area (Å²) in [6.07, 6.45) is 0.829. The van der Waals surface area contributed by atoms with Crippen LogP contribution in [0.5, 0.6) is 0 Å². The molecule has 0 spiro atoms. The molecule has 6 nitrogen and oxygen atoms in total. The number of aryl methyl sites for hydroxylation is 1. The molecule has 0 bridgehead atoms. The van der Waals surface area contributed by atoms with Crippen LogP contribution in [0.15, 0.2) is 84.9 Å². The van der Waals surface area contributed by atoms with Crippen LogP contribution in [0.3, 0.4) is 0 Å². The number of carbonyl (C=O) groups excluding carboxylic acids is 1. The second-order valence-electron chi connectivity index (χ2n) is 7.79. The number of carbonyl (C=O) groups is 1. The Morgan fingerprint density at radius 2 is 1.58 bits per heavy atom. The number of nitrogens with zero attached hydrogens (tertiary/aromatic N) is 3. The third-order valence-electron chi connectivity index (χ3n) is 5.61. The first kappa shape index (κ1) is 19.1. The van der Waals surface area contributed by atoms with Crippen LogP contribution in [-0.4, -0.2) is 20.7 Å². The molecule has 1 amide bonds. The van der Waals surface area contributed by atoms with Gasteiger partial charge in [0.05, 0.1) is 12.1 Å². The molecule has 0 saturated heterocycles. The van der Waals surface area contributed by atoms with Gasteiger partial charge >= 0.3 is 0 Å². The van der Waals surface area contributed by atoms with Crippen LogP contribution < -0.4 is 10.6 Å². The Morgan fingerprint density at radius 1 is 0.935 bits per heavy atom. The van der Waals surface area contributed by atoms with Gasteiger partial charge in [-0.25, -0.2) is 4.68 Å². The van der Waals surface area contributed by atoms with Crippen LogP contribution in [0, 0.1) is 6.92 Å². The van der Waals surface area contributed by atoms with E-state index < -0.39 is 0 Å². The van der Waals surface area contributed by atoms with Gasteiger partial charge in [0.15, 0.2) is 0 Å². The van der Waals surface area contributed by atoms with Gasteiger partial charge in [0.1, 0.15) is 0 Å². The van der Waals surface area contributed by atoms with Crippen LogP contribution in [-0.2, 0) is 0 Å². The number of hydrogen-bond acceptors (Lipinski definition) is 4. The number of anilines is 2. The molecule has 4 aromatic rings. The largest absolute Gasteiger partial charge is 0.347 e. The lowest BCUT2D eigenvalue weighted by Crippen LogP contribution is -2.28. The molecule has 1 aliphatic rings. The molecule has 6 heteroatoms. The van der Waals surface area contributed by atoms with E-state index >= 15 is 0 Å². The smallest absolute Gasteiger partial charge is 0.258 e. The molecule has 2 heterocycles. The average molecular weight is 409 g/mol. The number of aromatic nitrogens is 3. The predicted molar refractivity (Wildman–Crippen MR) is 121 cm³/mol. The molecule has 1 aromatic heterocycles. The molecular formula is C25H23N5O. The van der Waals surface area contributed by atoms with E-state index in [1.54, 1.807) is 12.1 Å². The molecule has 0 aliphatic carbocycles. The van der Waals surface area contributed by atoms with Crippen molar-refractivity contribution in [3.63, 3.8) is 0 Å². The van der Waals surface area contributed by atoms with Gasteiger partial charge in [-0.2, -0.15) is 4.98 Å². The highest BCUT2D eigenvalue weighted by Crippen LogP contribution is 2.38. The fourth-order valence-corrected chi connectivity index (χ4v) is 3.97. The number of rotatable bonds is 4. The van der Waals surface area contributed by atoms with Crippen molar-refractivity contribution in [2.24, 2.45) is 0 Å². The zero-order chi connectivity index (χ0) is 21.2. The van der Waals surface area contributed by atoms with Crippen molar-refractivity contribution in [2.75, 3.05) is 10.6 Å². The van der Waals surface area contributed by atoms with E-state index in [-0.39, 0.29) is 18.0 Å². The molecule has 5 rings (SSSR count). The molecule has 1 aliphatic heterocycles. The van der Waals surface area contributed by atoms with Crippen molar-refractivity contribution in [1.29, 1.82) is 0 Å². The normalized spacial score (nSPS) is 17.5. The molecule has 0 fully saturated rings. The Morgan fingerprint density at radius 3 is 2.26 bits per heavy atom. The topological polar surface area (TPSA) is 71.8 Å². The highest BCUT2D eigenvalue weighted by Gasteiger charge is 2.31. The van der Waals surface area contributed by atoms with Crippen molar-refractivity contribution < 1.29 is 4.79 Å². The van der Waals surface area contributed by atoms with Crippen molar-refractivity contribution in [2.45, 2.75) is 25.4 Å². The molecular weight excluding hydrogens is 386 g/mol. The van der Waals surface area contributed by atoms with Gasteiger partial charge in [0.2, 0.25) is 5.95 Å². The fourth-order valence-electron chi connectivity index (χ4n) is 3.97. The minimum atomic E-state index is -0.223. The number of hydrogen-bond donors (Lipinski definition) is 2. The summed E-state index contributed by atoms with van der Waals surface area (Å²) in [7, 11) is 0. The van der Waals surface area contributed by atoms with E-state index in [0.717, 1.165) is 17.5 Å². The van der Waals surface area contributed by atoms with Gasteiger partial charge in [-0.3, -0.25) is 10.1 Å². The summed E-state index contributed by atoms with van der Waals surface area (Å²) in [5.41, 5.74) is 4.04. The van der Waals surface area contributed by atoms with Gasteiger partial charge in [-0.15, -0.1) is 5.10 Å². The Hall–Kier alpha value is -3.93. The first-order valence-electron chi connectivity index (χ1n) is 10.4. The Labute approximate surface area is 181 Å². The summed E-state index contributed by atoms with van der Waals surface area (Å²) in [6.45, 7) is 1.99. The predicted octanol–water partition coefficient (Wildman–Crippen LogP) is 4.99. The lowest BCUT2D eigenvalue weighted by molar-refractivity contribution is 0.102. The van der Waals surface area contributed by atoms with Crippen molar-refractivity contribution in [3.05, 3.63) is 107 Å². The fraction of sp³-hybridized carbons (Fsp3) is 0.160. The zero-order valence-electron chi connectivity index (χ0n) is 17.2. The summed E-state index contributed by atoms with van der Waals surface area (Å²) in [4.78, 5) is 17.2. The van der Waals surface area contributed by atoms with Gasteiger partial charge in [0, 0.05) is 5.56 Å². The van der Waals surface area contributed by atoms with Crippen LogP contribution in [0.2, 0.25) is 0 Å². The second-order valence-corrected chi connectivity index (χ2v) is 7.79. The Balaban J connectivity index is 1.47. The number of benzene rings is 3. The average Bonchev–Trinajstić information content (AvgIpc) is 3.22. The summed E-state index contributed by atoms with van der Waals surface area (Å²) in [5.74, 6) is 0.717. The first-order chi connectivity index (χ1) is 15.2. The van der Waals surface area contributed by atoms with E-state index in [2.05, 4.69) is 45.0 Å². The monoisotopic (exact) mass is 409 g/mol.